The van der Waals surface area contributed by atoms with Crippen LogP contribution in [0.15, 0.2) is 42.5 Å². The maximum Gasteiger partial charge on any atom is 0.416 e. The Balaban J connectivity index is 1.90. The number of nitrogens with one attached hydrogen (secondary N) is 2. The maximum absolute atomic E-state index is 13.0. The molecule has 5 nitrogen and oxygen atoms in total. The van der Waals surface area contributed by atoms with E-state index in [1.54, 1.807) is 18.2 Å². The van der Waals surface area contributed by atoms with E-state index in [0.29, 0.717) is 23.5 Å². The fourth-order valence-corrected chi connectivity index (χ4v) is 3.04. The number of halogens is 6. The second-order valence-corrected chi connectivity index (χ2v) is 7.04. The van der Waals surface area contributed by atoms with E-state index in [-0.39, 0.29) is 10.8 Å². The van der Waals surface area contributed by atoms with Crippen molar-refractivity contribution in [2.24, 2.45) is 0 Å². The van der Waals surface area contributed by atoms with Gasteiger partial charge in [-0.15, -0.1) is 0 Å². The van der Waals surface area contributed by atoms with Crippen molar-refractivity contribution in [2.75, 3.05) is 5.32 Å². The molecule has 0 spiro atoms. The van der Waals surface area contributed by atoms with E-state index in [9.17, 15) is 31.1 Å². The highest BCUT2D eigenvalue weighted by Crippen LogP contribution is 2.37. The molecule has 164 valence electrons. The van der Waals surface area contributed by atoms with Crippen molar-refractivity contribution >= 4 is 23.8 Å². The van der Waals surface area contributed by atoms with E-state index in [4.69, 9.17) is 12.2 Å². The molecular formula is C19H14F6N4OS. The zero-order valence-electron chi connectivity index (χ0n) is 15.7. The monoisotopic (exact) mass is 460 g/mol. The normalized spacial score (nSPS) is 12.1. The van der Waals surface area contributed by atoms with Crippen LogP contribution < -0.4 is 5.32 Å². The van der Waals surface area contributed by atoms with Gasteiger partial charge in [0.05, 0.1) is 11.1 Å². The topological polar surface area (TPSA) is 62.7 Å². The van der Waals surface area contributed by atoms with Crippen LogP contribution in [-0.2, 0) is 23.7 Å². The summed E-state index contributed by atoms with van der Waals surface area (Å²) in [6, 6.07) is 7.95. The first-order chi connectivity index (χ1) is 14.3. The number of alkyl halides is 6. The lowest BCUT2D eigenvalue weighted by Gasteiger charge is -2.15. The van der Waals surface area contributed by atoms with Crippen LogP contribution in [0.1, 0.15) is 16.7 Å². The molecule has 3 aromatic rings. The number of carbonyl (C=O) groups excluding carboxylic acids is 1. The summed E-state index contributed by atoms with van der Waals surface area (Å²) in [6.45, 7) is 1.36. The van der Waals surface area contributed by atoms with Gasteiger partial charge in [0.2, 0.25) is 5.91 Å². The summed E-state index contributed by atoms with van der Waals surface area (Å²) < 4.78 is 79.3. The molecule has 3 rings (SSSR count). The molecule has 1 aromatic heterocycles. The number of aryl methyl sites for hydroxylation is 1. The molecule has 0 unspecified atom stereocenters. The van der Waals surface area contributed by atoms with Crippen LogP contribution in [0.5, 0.6) is 0 Å². The van der Waals surface area contributed by atoms with E-state index < -0.39 is 41.6 Å². The Labute approximate surface area is 176 Å². The van der Waals surface area contributed by atoms with Gasteiger partial charge < -0.3 is 5.32 Å². The third kappa shape index (κ3) is 5.32. The predicted molar refractivity (Wildman–Crippen MR) is 103 cm³/mol. The molecule has 0 saturated carbocycles. The summed E-state index contributed by atoms with van der Waals surface area (Å²) in [6.07, 6.45) is -10.0. The molecular weight excluding hydrogens is 446 g/mol. The number of anilines is 1. The first kappa shape index (κ1) is 22.5. The number of carbonyl (C=O) groups is 1. The van der Waals surface area contributed by atoms with E-state index in [2.05, 4.69) is 15.5 Å². The van der Waals surface area contributed by atoms with Crippen molar-refractivity contribution in [2.45, 2.75) is 25.8 Å². The lowest BCUT2D eigenvalue weighted by atomic mass is 10.1. The highest BCUT2D eigenvalue weighted by Gasteiger charge is 2.37. The highest BCUT2D eigenvalue weighted by molar-refractivity contribution is 7.71. The van der Waals surface area contributed by atoms with Crippen LogP contribution in [0, 0.1) is 11.7 Å². The van der Waals surface area contributed by atoms with Crippen LogP contribution in [0.3, 0.4) is 0 Å². The zero-order chi connectivity index (χ0) is 23.0. The standard InChI is InChI=1S/C19H14F6N4OS/c1-10-3-2-4-11(5-10)16-27-28-17(31)29(16)9-15(30)26-14-7-12(18(20,21)22)6-13(8-14)19(23,24)25/h2-8H,9H2,1H3,(H,26,30)(H,28,31). The van der Waals surface area contributed by atoms with Crippen molar-refractivity contribution in [1.82, 2.24) is 14.8 Å². The Morgan fingerprint density at radius 2 is 1.68 bits per heavy atom. The third-order valence-electron chi connectivity index (χ3n) is 4.21. The third-order valence-corrected chi connectivity index (χ3v) is 4.52. The second-order valence-electron chi connectivity index (χ2n) is 6.65. The van der Waals surface area contributed by atoms with Crippen molar-refractivity contribution in [3.05, 3.63) is 63.9 Å². The molecule has 12 heteroatoms. The Hall–Kier alpha value is -3.15. The SMILES string of the molecule is Cc1cccc(-c2n[nH]c(=S)n2CC(=O)Nc2cc(C(F)(F)F)cc(C(F)(F)F)c2)c1. The summed E-state index contributed by atoms with van der Waals surface area (Å²) in [5.74, 6) is -0.581. The van der Waals surface area contributed by atoms with Crippen molar-refractivity contribution in [3.8, 4) is 11.4 Å². The predicted octanol–water partition coefficient (Wildman–Crippen LogP) is 5.59. The quantitative estimate of drug-likeness (QED) is 0.394. The van der Waals surface area contributed by atoms with Gasteiger partial charge in [-0.2, -0.15) is 31.4 Å². The molecule has 0 atom stereocenters. The van der Waals surface area contributed by atoms with Gasteiger partial charge in [-0.3, -0.25) is 14.5 Å². The second kappa shape index (κ2) is 8.17. The number of H-pyrrole nitrogens is 1. The van der Waals surface area contributed by atoms with Gasteiger partial charge in [0.15, 0.2) is 10.6 Å². The van der Waals surface area contributed by atoms with Crippen LogP contribution in [0.4, 0.5) is 32.0 Å². The first-order valence-corrected chi connectivity index (χ1v) is 9.07. The number of hydrogen-bond acceptors (Lipinski definition) is 3. The van der Waals surface area contributed by atoms with Crippen molar-refractivity contribution in [3.63, 3.8) is 0 Å². The van der Waals surface area contributed by atoms with Crippen LogP contribution >= 0.6 is 12.2 Å². The minimum absolute atomic E-state index is 0.0162. The number of benzene rings is 2. The van der Waals surface area contributed by atoms with Gasteiger partial charge in [-0.05, 0) is 43.4 Å². The smallest absolute Gasteiger partial charge is 0.325 e. The number of aromatic nitrogens is 3. The Morgan fingerprint density at radius 1 is 1.06 bits per heavy atom. The highest BCUT2D eigenvalue weighted by atomic mass is 32.1. The molecule has 0 aliphatic rings. The minimum Gasteiger partial charge on any atom is -0.325 e. The number of amides is 1. The minimum atomic E-state index is -5.02. The van der Waals surface area contributed by atoms with E-state index in [1.165, 1.54) is 4.57 Å². The van der Waals surface area contributed by atoms with Gasteiger partial charge in [0, 0.05) is 11.3 Å². The van der Waals surface area contributed by atoms with Crippen molar-refractivity contribution in [1.29, 1.82) is 0 Å². The van der Waals surface area contributed by atoms with Gasteiger partial charge in [-0.1, -0.05) is 23.8 Å². The molecule has 0 aliphatic heterocycles. The number of hydrogen-bond donors (Lipinski definition) is 2. The number of rotatable bonds is 4. The fourth-order valence-electron chi connectivity index (χ4n) is 2.84. The van der Waals surface area contributed by atoms with Crippen LogP contribution in [-0.4, -0.2) is 20.7 Å². The first-order valence-electron chi connectivity index (χ1n) is 8.66. The molecule has 2 aromatic carbocycles. The van der Waals surface area contributed by atoms with Crippen LogP contribution in [0.2, 0.25) is 0 Å². The molecule has 0 radical (unpaired) electrons. The van der Waals surface area contributed by atoms with Gasteiger partial charge >= 0.3 is 12.4 Å². The summed E-state index contributed by atoms with van der Waals surface area (Å²) in [5, 5.41) is 8.64. The van der Waals surface area contributed by atoms with Gasteiger partial charge in [-0.25, -0.2) is 0 Å². The average Bonchev–Trinajstić information content (AvgIpc) is 3.00. The van der Waals surface area contributed by atoms with Crippen LogP contribution in [0.25, 0.3) is 11.4 Å². The molecule has 0 aliphatic carbocycles. The summed E-state index contributed by atoms with van der Waals surface area (Å²) in [7, 11) is 0. The molecule has 0 saturated heterocycles. The van der Waals surface area contributed by atoms with E-state index >= 15 is 0 Å². The van der Waals surface area contributed by atoms with Gasteiger partial charge in [0.1, 0.15) is 6.54 Å². The largest absolute Gasteiger partial charge is 0.416 e. The summed E-state index contributed by atoms with van der Waals surface area (Å²) >= 11 is 5.10. The lowest BCUT2D eigenvalue weighted by molar-refractivity contribution is -0.143. The fraction of sp³-hybridized carbons (Fsp3) is 0.211. The van der Waals surface area contributed by atoms with Crippen molar-refractivity contribution < 1.29 is 31.1 Å². The maximum atomic E-state index is 13.0. The molecule has 1 heterocycles. The average molecular weight is 460 g/mol. The molecule has 0 bridgehead atoms. The Bertz CT molecular complexity index is 1150. The summed E-state index contributed by atoms with van der Waals surface area (Å²) in [5.41, 5.74) is -2.17. The zero-order valence-corrected chi connectivity index (χ0v) is 16.5. The molecule has 0 fully saturated rings. The molecule has 1 amide bonds. The number of nitrogens with zero attached hydrogens (tertiary/aromatic N) is 2. The lowest BCUT2D eigenvalue weighted by Crippen LogP contribution is -2.20. The molecule has 2 N–H and O–H groups in total. The number of aromatic amines is 1. The Kier molecular flexibility index (Phi) is 5.94. The Morgan fingerprint density at radius 3 is 2.23 bits per heavy atom. The summed E-state index contributed by atoms with van der Waals surface area (Å²) in [4.78, 5) is 12.4. The van der Waals surface area contributed by atoms with E-state index in [1.807, 2.05) is 13.0 Å². The van der Waals surface area contributed by atoms with Gasteiger partial charge in [0.25, 0.3) is 0 Å². The van der Waals surface area contributed by atoms with E-state index in [0.717, 1.165) is 5.56 Å². The molecule has 31 heavy (non-hydrogen) atoms.